The fourth-order valence-corrected chi connectivity index (χ4v) is 4.34. The number of carbonyl (C=O) groups excluding carboxylic acids is 2. The highest BCUT2D eigenvalue weighted by molar-refractivity contribution is 5.96. The zero-order valence-corrected chi connectivity index (χ0v) is 17.7. The van der Waals surface area contributed by atoms with Crippen molar-refractivity contribution in [2.45, 2.75) is 31.8 Å². The molecule has 1 saturated carbocycles. The molecule has 1 aromatic rings. The maximum absolute atomic E-state index is 12.5. The summed E-state index contributed by atoms with van der Waals surface area (Å²) < 4.78 is 10.8. The summed E-state index contributed by atoms with van der Waals surface area (Å²) in [6, 6.07) is 3.37. The number of carbonyl (C=O) groups is 2. The van der Waals surface area contributed by atoms with Crippen LogP contribution in [-0.4, -0.2) is 85.7 Å². The van der Waals surface area contributed by atoms with Crippen LogP contribution in [0.1, 0.15) is 36.0 Å². The Kier molecular flexibility index (Phi) is 6.84. The van der Waals surface area contributed by atoms with E-state index >= 15 is 0 Å². The maximum Gasteiger partial charge on any atom is 0.256 e. The van der Waals surface area contributed by atoms with E-state index < -0.39 is 0 Å². The van der Waals surface area contributed by atoms with E-state index in [1.165, 1.54) is 26.5 Å². The van der Waals surface area contributed by atoms with E-state index in [4.69, 9.17) is 9.47 Å². The van der Waals surface area contributed by atoms with Gasteiger partial charge in [-0.1, -0.05) is 0 Å². The topological polar surface area (TPSA) is 84.0 Å². The molecular formula is C22H32N4O4. The van der Waals surface area contributed by atoms with Crippen molar-refractivity contribution in [3.8, 4) is 5.88 Å². The molecule has 1 aliphatic carbocycles. The number of amides is 2. The Morgan fingerprint density at radius 3 is 2.73 bits per heavy atom. The summed E-state index contributed by atoms with van der Waals surface area (Å²) >= 11 is 0. The number of nitrogens with one attached hydrogen (secondary N) is 1. The summed E-state index contributed by atoms with van der Waals surface area (Å²) in [4.78, 5) is 33.4. The number of nitrogens with zero attached hydrogens (tertiary/aromatic N) is 3. The molecule has 1 atom stereocenters. The first-order chi connectivity index (χ1) is 14.6. The third kappa shape index (κ3) is 5.49. The number of morpholine rings is 1. The summed E-state index contributed by atoms with van der Waals surface area (Å²) in [6.45, 7) is 5.29. The first-order valence-corrected chi connectivity index (χ1v) is 11.0. The van der Waals surface area contributed by atoms with E-state index in [0.717, 1.165) is 38.4 Å². The minimum atomic E-state index is -0.255. The normalized spacial score (nSPS) is 23.4. The SMILES string of the molecule is COc1ncccc1C(=O)NC[C@H]1CN(CC2CCN(CC3CC3)CC2)C(=O)CO1. The molecule has 0 unspecified atom stereocenters. The summed E-state index contributed by atoms with van der Waals surface area (Å²) in [5.74, 6) is 1.58. The quantitative estimate of drug-likeness (QED) is 0.685. The lowest BCUT2D eigenvalue weighted by Crippen LogP contribution is -2.52. The minimum Gasteiger partial charge on any atom is -0.480 e. The van der Waals surface area contributed by atoms with Crippen LogP contribution in [0.5, 0.6) is 5.88 Å². The second kappa shape index (κ2) is 9.75. The van der Waals surface area contributed by atoms with Gasteiger partial charge in [0.05, 0.1) is 13.2 Å². The third-order valence-electron chi connectivity index (χ3n) is 6.32. The maximum atomic E-state index is 12.5. The summed E-state index contributed by atoms with van der Waals surface area (Å²) in [5.41, 5.74) is 0.390. The van der Waals surface area contributed by atoms with Crippen LogP contribution in [-0.2, 0) is 9.53 Å². The summed E-state index contributed by atoms with van der Waals surface area (Å²) in [6.07, 6.45) is 6.48. The molecule has 2 aliphatic heterocycles. The van der Waals surface area contributed by atoms with Crippen LogP contribution in [0.25, 0.3) is 0 Å². The molecule has 3 fully saturated rings. The number of ether oxygens (including phenoxy) is 2. The molecule has 8 nitrogen and oxygen atoms in total. The molecule has 3 aliphatic rings. The van der Waals surface area contributed by atoms with Crippen molar-refractivity contribution in [3.63, 3.8) is 0 Å². The fraction of sp³-hybridized carbons (Fsp3) is 0.682. The van der Waals surface area contributed by atoms with Crippen molar-refractivity contribution in [3.05, 3.63) is 23.9 Å². The van der Waals surface area contributed by atoms with Crippen LogP contribution < -0.4 is 10.1 Å². The molecule has 0 radical (unpaired) electrons. The van der Waals surface area contributed by atoms with Crippen molar-refractivity contribution >= 4 is 11.8 Å². The second-order valence-corrected chi connectivity index (χ2v) is 8.69. The highest BCUT2D eigenvalue weighted by atomic mass is 16.5. The molecule has 1 aromatic heterocycles. The van der Waals surface area contributed by atoms with Gasteiger partial charge in [-0.25, -0.2) is 4.98 Å². The number of rotatable bonds is 8. The van der Waals surface area contributed by atoms with Gasteiger partial charge in [0.2, 0.25) is 11.8 Å². The van der Waals surface area contributed by atoms with Gasteiger partial charge in [0.1, 0.15) is 12.2 Å². The van der Waals surface area contributed by atoms with Crippen molar-refractivity contribution in [1.29, 1.82) is 0 Å². The van der Waals surface area contributed by atoms with Crippen molar-refractivity contribution < 1.29 is 19.1 Å². The van der Waals surface area contributed by atoms with Crippen molar-refractivity contribution in [2.75, 3.05) is 53.0 Å². The average Bonchev–Trinajstić information content (AvgIpc) is 3.59. The standard InChI is InChI=1S/C22H32N4O4/c1-29-22-19(3-2-8-23-22)21(28)24-11-18-14-26(20(27)15-30-18)13-17-6-9-25(10-7-17)12-16-4-5-16/h2-3,8,16-18H,4-7,9-15H2,1H3,(H,24,28)/t18-/m0/s1. The number of aromatic nitrogens is 1. The summed E-state index contributed by atoms with van der Waals surface area (Å²) in [7, 11) is 1.49. The Hall–Kier alpha value is -2.19. The van der Waals surface area contributed by atoms with Crippen molar-refractivity contribution in [2.24, 2.45) is 11.8 Å². The number of hydrogen-bond donors (Lipinski definition) is 1. The van der Waals surface area contributed by atoms with Crippen LogP contribution in [0, 0.1) is 11.8 Å². The molecule has 2 saturated heterocycles. The number of hydrogen-bond acceptors (Lipinski definition) is 6. The molecule has 1 N–H and O–H groups in total. The van der Waals surface area contributed by atoms with Gasteiger partial charge in [-0.3, -0.25) is 9.59 Å². The second-order valence-electron chi connectivity index (χ2n) is 8.69. The smallest absolute Gasteiger partial charge is 0.256 e. The number of piperidine rings is 1. The summed E-state index contributed by atoms with van der Waals surface area (Å²) in [5, 5.41) is 2.88. The van der Waals surface area contributed by atoms with E-state index in [2.05, 4.69) is 15.2 Å². The molecule has 8 heteroatoms. The third-order valence-corrected chi connectivity index (χ3v) is 6.32. The number of likely N-dealkylation sites (tertiary alicyclic amines) is 1. The molecule has 30 heavy (non-hydrogen) atoms. The Bertz CT molecular complexity index is 746. The first kappa shape index (κ1) is 21.1. The molecule has 3 heterocycles. The van der Waals surface area contributed by atoms with Gasteiger partial charge < -0.3 is 24.6 Å². The molecule has 0 spiro atoms. The van der Waals surface area contributed by atoms with E-state index in [0.29, 0.717) is 30.5 Å². The number of pyridine rings is 1. The van der Waals surface area contributed by atoms with Gasteiger partial charge in [0, 0.05) is 32.4 Å². The molecular weight excluding hydrogens is 384 g/mol. The van der Waals surface area contributed by atoms with E-state index in [-0.39, 0.29) is 24.5 Å². The van der Waals surface area contributed by atoms with Crippen molar-refractivity contribution in [1.82, 2.24) is 20.1 Å². The Balaban J connectivity index is 1.23. The average molecular weight is 417 g/mol. The zero-order valence-electron chi connectivity index (χ0n) is 17.7. The molecule has 2 amide bonds. The Labute approximate surface area is 177 Å². The molecule has 164 valence electrons. The Morgan fingerprint density at radius 2 is 2.00 bits per heavy atom. The van der Waals surface area contributed by atoms with Gasteiger partial charge in [0.25, 0.3) is 5.91 Å². The highest BCUT2D eigenvalue weighted by Gasteiger charge is 2.31. The lowest BCUT2D eigenvalue weighted by Gasteiger charge is -2.38. The lowest BCUT2D eigenvalue weighted by molar-refractivity contribution is -0.149. The first-order valence-electron chi connectivity index (χ1n) is 11.0. The van der Waals surface area contributed by atoms with Crippen LogP contribution in [0.15, 0.2) is 18.3 Å². The van der Waals surface area contributed by atoms with Gasteiger partial charge >= 0.3 is 0 Å². The monoisotopic (exact) mass is 416 g/mol. The molecule has 0 aromatic carbocycles. The predicted molar refractivity (Wildman–Crippen MR) is 111 cm³/mol. The minimum absolute atomic E-state index is 0.0481. The fourth-order valence-electron chi connectivity index (χ4n) is 4.34. The van der Waals surface area contributed by atoms with Gasteiger partial charge in [-0.2, -0.15) is 0 Å². The van der Waals surface area contributed by atoms with E-state index in [1.54, 1.807) is 18.3 Å². The predicted octanol–water partition coefficient (Wildman–Crippen LogP) is 1.17. The largest absolute Gasteiger partial charge is 0.480 e. The van der Waals surface area contributed by atoms with E-state index in [1.807, 2.05) is 4.90 Å². The molecule has 4 rings (SSSR count). The van der Waals surface area contributed by atoms with E-state index in [9.17, 15) is 9.59 Å². The van der Waals surface area contributed by atoms with Gasteiger partial charge in [-0.05, 0) is 62.7 Å². The lowest BCUT2D eigenvalue weighted by atomic mass is 9.95. The highest BCUT2D eigenvalue weighted by Crippen LogP contribution is 2.31. The van der Waals surface area contributed by atoms with Gasteiger partial charge in [-0.15, -0.1) is 0 Å². The molecule has 0 bridgehead atoms. The van der Waals surface area contributed by atoms with Gasteiger partial charge in [0.15, 0.2) is 0 Å². The number of methoxy groups -OCH3 is 1. The zero-order chi connectivity index (χ0) is 20.9. The Morgan fingerprint density at radius 1 is 1.23 bits per heavy atom. The van der Waals surface area contributed by atoms with Crippen LogP contribution in [0.2, 0.25) is 0 Å². The van der Waals surface area contributed by atoms with Crippen LogP contribution in [0.4, 0.5) is 0 Å². The van der Waals surface area contributed by atoms with Crippen LogP contribution in [0.3, 0.4) is 0 Å². The van der Waals surface area contributed by atoms with Crippen LogP contribution >= 0.6 is 0 Å².